The minimum atomic E-state index is -2.87. The molecule has 0 atom stereocenters. The summed E-state index contributed by atoms with van der Waals surface area (Å²) in [5.74, 6) is -0.872. The van der Waals surface area contributed by atoms with E-state index in [9.17, 15) is 22.4 Å². The van der Waals surface area contributed by atoms with Crippen LogP contribution in [-0.4, -0.2) is 41.7 Å². The number of aromatic nitrogens is 1. The van der Waals surface area contributed by atoms with Crippen LogP contribution < -0.4 is 0 Å². The Kier molecular flexibility index (Phi) is 5.19. The predicted octanol–water partition coefficient (Wildman–Crippen LogP) is 3.65. The van der Waals surface area contributed by atoms with Crippen LogP contribution in [0.3, 0.4) is 0 Å². The van der Waals surface area contributed by atoms with Crippen molar-refractivity contribution in [3.63, 3.8) is 0 Å². The Bertz CT molecular complexity index is 603. The molecule has 0 radical (unpaired) electrons. The number of hydrogen-bond acceptors (Lipinski definition) is 1. The van der Waals surface area contributed by atoms with Crippen molar-refractivity contribution in [3.8, 4) is 11.3 Å². The largest absolute Gasteiger partial charge is 0.351 e. The van der Waals surface area contributed by atoms with Gasteiger partial charge in [0.05, 0.1) is 13.1 Å². The zero-order chi connectivity index (χ0) is 16.1. The molecule has 0 aliphatic heterocycles. The maximum Gasteiger partial charge on any atom is 0.270 e. The molecule has 1 N–H and O–H groups in total. The summed E-state index contributed by atoms with van der Waals surface area (Å²) < 4.78 is 49.7. The van der Waals surface area contributed by atoms with E-state index in [1.807, 2.05) is 6.07 Å². The molecule has 0 saturated carbocycles. The lowest BCUT2D eigenvalue weighted by molar-refractivity contribution is 0.0323. The van der Waals surface area contributed by atoms with E-state index < -0.39 is 31.8 Å². The second-order valence-corrected chi connectivity index (χ2v) is 4.64. The van der Waals surface area contributed by atoms with Crippen LogP contribution in [0.15, 0.2) is 42.5 Å². The summed E-state index contributed by atoms with van der Waals surface area (Å²) in [7, 11) is 0. The number of benzene rings is 1. The number of rotatable bonds is 6. The second-order valence-electron chi connectivity index (χ2n) is 4.64. The predicted molar refractivity (Wildman–Crippen MR) is 74.1 cm³/mol. The Labute approximate surface area is 124 Å². The standard InChI is InChI=1S/C15H14F4N2O/c16-13(17)8-21(9-14(18)19)15(22)12-7-6-11(20-12)10-4-2-1-3-5-10/h1-7,13-14,20H,8-9H2. The lowest BCUT2D eigenvalue weighted by atomic mass is 10.2. The Balaban J connectivity index is 2.18. The minimum absolute atomic E-state index is 0.000142. The number of alkyl halides is 4. The number of amides is 1. The van der Waals surface area contributed by atoms with Crippen LogP contribution in [0.4, 0.5) is 17.6 Å². The van der Waals surface area contributed by atoms with Gasteiger partial charge < -0.3 is 9.88 Å². The first kappa shape index (κ1) is 16.1. The molecule has 2 rings (SSSR count). The Hall–Kier alpha value is -2.31. The van der Waals surface area contributed by atoms with Gasteiger partial charge in [-0.1, -0.05) is 30.3 Å². The monoisotopic (exact) mass is 314 g/mol. The van der Waals surface area contributed by atoms with Gasteiger partial charge in [-0.2, -0.15) is 0 Å². The normalized spacial score (nSPS) is 11.2. The van der Waals surface area contributed by atoms with E-state index in [0.717, 1.165) is 5.56 Å². The SMILES string of the molecule is O=C(c1ccc(-c2ccccc2)[nH]1)N(CC(F)F)CC(F)F. The number of carbonyl (C=O) groups is 1. The maximum absolute atomic E-state index is 12.4. The number of carbonyl (C=O) groups excluding carboxylic acids is 1. The first-order chi connectivity index (χ1) is 10.5. The number of aromatic amines is 1. The number of hydrogen-bond donors (Lipinski definition) is 1. The highest BCUT2D eigenvalue weighted by atomic mass is 19.3. The van der Waals surface area contributed by atoms with E-state index in [1.165, 1.54) is 6.07 Å². The molecular weight excluding hydrogens is 300 g/mol. The quantitative estimate of drug-likeness (QED) is 0.812. The van der Waals surface area contributed by atoms with Gasteiger partial charge in [0.15, 0.2) is 0 Å². The molecule has 0 aliphatic rings. The first-order valence-electron chi connectivity index (χ1n) is 6.57. The number of H-pyrrole nitrogens is 1. The van der Waals surface area contributed by atoms with Gasteiger partial charge >= 0.3 is 0 Å². The molecule has 0 fully saturated rings. The molecule has 0 unspecified atom stereocenters. The van der Waals surface area contributed by atoms with E-state index in [2.05, 4.69) is 4.98 Å². The van der Waals surface area contributed by atoms with E-state index >= 15 is 0 Å². The number of nitrogens with zero attached hydrogens (tertiary/aromatic N) is 1. The Morgan fingerprint density at radius 1 is 0.955 bits per heavy atom. The van der Waals surface area contributed by atoms with Gasteiger partial charge in [0, 0.05) is 5.69 Å². The molecule has 1 heterocycles. The summed E-state index contributed by atoms with van der Waals surface area (Å²) >= 11 is 0. The Morgan fingerprint density at radius 2 is 1.55 bits per heavy atom. The fraction of sp³-hybridized carbons (Fsp3) is 0.267. The summed E-state index contributed by atoms with van der Waals surface area (Å²) in [6.45, 7) is -2.05. The molecule has 0 spiro atoms. The van der Waals surface area contributed by atoms with Crippen molar-refractivity contribution in [1.29, 1.82) is 0 Å². The van der Waals surface area contributed by atoms with E-state index in [4.69, 9.17) is 0 Å². The van der Waals surface area contributed by atoms with Gasteiger partial charge in [0.1, 0.15) is 5.69 Å². The molecule has 1 aromatic heterocycles. The highest BCUT2D eigenvalue weighted by molar-refractivity contribution is 5.93. The maximum atomic E-state index is 12.4. The number of halogens is 4. The summed E-state index contributed by atoms with van der Waals surface area (Å²) in [6.07, 6.45) is -5.74. The van der Waals surface area contributed by atoms with E-state index in [0.29, 0.717) is 10.6 Å². The smallest absolute Gasteiger partial charge is 0.270 e. The first-order valence-corrected chi connectivity index (χ1v) is 6.57. The zero-order valence-corrected chi connectivity index (χ0v) is 11.5. The van der Waals surface area contributed by atoms with Gasteiger partial charge in [0.25, 0.3) is 18.8 Å². The van der Waals surface area contributed by atoms with Gasteiger partial charge in [0.2, 0.25) is 0 Å². The van der Waals surface area contributed by atoms with Gasteiger partial charge in [-0.05, 0) is 17.7 Å². The Morgan fingerprint density at radius 3 is 2.09 bits per heavy atom. The summed E-state index contributed by atoms with van der Waals surface area (Å²) in [4.78, 5) is 15.3. The fourth-order valence-corrected chi connectivity index (χ4v) is 2.05. The number of nitrogens with one attached hydrogen (secondary N) is 1. The molecule has 0 bridgehead atoms. The topological polar surface area (TPSA) is 36.1 Å². The second kappa shape index (κ2) is 7.11. The van der Waals surface area contributed by atoms with Crippen molar-refractivity contribution < 1.29 is 22.4 Å². The summed E-state index contributed by atoms with van der Waals surface area (Å²) in [5.41, 5.74) is 1.41. The van der Waals surface area contributed by atoms with Crippen molar-refractivity contribution in [2.75, 3.05) is 13.1 Å². The lowest BCUT2D eigenvalue weighted by Crippen LogP contribution is -2.38. The van der Waals surface area contributed by atoms with Crippen molar-refractivity contribution in [2.45, 2.75) is 12.9 Å². The van der Waals surface area contributed by atoms with Crippen molar-refractivity contribution in [2.24, 2.45) is 0 Å². The van der Waals surface area contributed by atoms with E-state index in [1.54, 1.807) is 30.3 Å². The van der Waals surface area contributed by atoms with Crippen molar-refractivity contribution >= 4 is 5.91 Å². The van der Waals surface area contributed by atoms with Gasteiger partial charge in [-0.15, -0.1) is 0 Å². The minimum Gasteiger partial charge on any atom is -0.351 e. The van der Waals surface area contributed by atoms with Gasteiger partial charge in [-0.3, -0.25) is 4.79 Å². The molecule has 2 aromatic rings. The summed E-state index contributed by atoms with van der Waals surface area (Å²) in [5, 5.41) is 0. The highest BCUT2D eigenvalue weighted by Crippen LogP contribution is 2.19. The third-order valence-electron chi connectivity index (χ3n) is 3.01. The van der Waals surface area contributed by atoms with Crippen LogP contribution in [0.25, 0.3) is 11.3 Å². The highest BCUT2D eigenvalue weighted by Gasteiger charge is 2.24. The average molecular weight is 314 g/mol. The van der Waals surface area contributed by atoms with Crippen molar-refractivity contribution in [3.05, 3.63) is 48.2 Å². The molecule has 22 heavy (non-hydrogen) atoms. The molecule has 1 aromatic carbocycles. The van der Waals surface area contributed by atoms with E-state index in [-0.39, 0.29) is 5.69 Å². The van der Waals surface area contributed by atoms with Crippen LogP contribution >= 0.6 is 0 Å². The van der Waals surface area contributed by atoms with Crippen LogP contribution in [-0.2, 0) is 0 Å². The average Bonchev–Trinajstić information content (AvgIpc) is 2.95. The molecule has 1 amide bonds. The molecule has 0 aliphatic carbocycles. The summed E-state index contributed by atoms with van der Waals surface area (Å²) in [6, 6.07) is 12.0. The van der Waals surface area contributed by atoms with Crippen molar-refractivity contribution in [1.82, 2.24) is 9.88 Å². The molecule has 3 nitrogen and oxygen atoms in total. The van der Waals surface area contributed by atoms with Crippen LogP contribution in [0, 0.1) is 0 Å². The zero-order valence-electron chi connectivity index (χ0n) is 11.5. The van der Waals surface area contributed by atoms with Gasteiger partial charge in [-0.25, -0.2) is 17.6 Å². The molecule has 7 heteroatoms. The third-order valence-corrected chi connectivity index (χ3v) is 3.01. The molecule has 0 saturated heterocycles. The molecule has 118 valence electrons. The molecular formula is C15H14F4N2O. The van der Waals surface area contributed by atoms with Crippen LogP contribution in [0.1, 0.15) is 10.5 Å². The van der Waals surface area contributed by atoms with Crippen LogP contribution in [0.2, 0.25) is 0 Å². The third kappa shape index (κ3) is 4.09. The van der Waals surface area contributed by atoms with Crippen LogP contribution in [0.5, 0.6) is 0 Å². The lowest BCUT2D eigenvalue weighted by Gasteiger charge is -2.21. The fourth-order valence-electron chi connectivity index (χ4n) is 2.05.